The van der Waals surface area contributed by atoms with Crippen molar-refractivity contribution in [2.24, 2.45) is 5.92 Å². The van der Waals surface area contributed by atoms with Gasteiger partial charge in [-0.3, -0.25) is 4.79 Å². The third-order valence-electron chi connectivity index (χ3n) is 3.20. The third-order valence-corrected chi connectivity index (χ3v) is 3.20. The average Bonchev–Trinajstić information content (AvgIpc) is 2.94. The van der Waals surface area contributed by atoms with E-state index in [4.69, 9.17) is 0 Å². The summed E-state index contributed by atoms with van der Waals surface area (Å²) in [5.74, 6) is 0.542. The van der Waals surface area contributed by atoms with Crippen LogP contribution < -0.4 is 10.9 Å². The Bertz CT molecular complexity index is 417. The van der Waals surface area contributed by atoms with Crippen LogP contribution in [0.15, 0.2) is 12.5 Å². The molecule has 0 aliphatic rings. The standard InChI is InChI=1S/C15H26N4O2/c1-4-5-15(21)14(7-12-8-16-10-17-12)19-18-13(9-20)6-11(2)3/h8-11,13-14,18-19H,4-7H2,1-3H3,(H,16,17)/t13-,14-/m0/s1. The van der Waals surface area contributed by atoms with E-state index in [-0.39, 0.29) is 17.9 Å². The van der Waals surface area contributed by atoms with Gasteiger partial charge in [-0.15, -0.1) is 0 Å². The van der Waals surface area contributed by atoms with Gasteiger partial charge in [-0.2, -0.15) is 0 Å². The summed E-state index contributed by atoms with van der Waals surface area (Å²) < 4.78 is 0. The molecule has 0 aromatic carbocycles. The number of aromatic amines is 1. The van der Waals surface area contributed by atoms with Gasteiger partial charge in [0.2, 0.25) is 0 Å². The molecule has 0 saturated heterocycles. The molecule has 1 heterocycles. The molecule has 0 aliphatic heterocycles. The second kappa shape index (κ2) is 9.41. The lowest BCUT2D eigenvalue weighted by Crippen LogP contribution is -2.51. The van der Waals surface area contributed by atoms with Crippen LogP contribution in [-0.2, 0) is 16.0 Å². The maximum Gasteiger partial charge on any atom is 0.151 e. The summed E-state index contributed by atoms with van der Waals surface area (Å²) in [5, 5.41) is 0. The monoisotopic (exact) mass is 294 g/mol. The van der Waals surface area contributed by atoms with Gasteiger partial charge in [-0.1, -0.05) is 20.8 Å². The van der Waals surface area contributed by atoms with Gasteiger partial charge in [0, 0.05) is 24.7 Å². The van der Waals surface area contributed by atoms with E-state index in [0.29, 0.717) is 18.8 Å². The van der Waals surface area contributed by atoms with Crippen LogP contribution >= 0.6 is 0 Å². The number of hydrogen-bond acceptors (Lipinski definition) is 5. The highest BCUT2D eigenvalue weighted by Gasteiger charge is 2.20. The summed E-state index contributed by atoms with van der Waals surface area (Å²) in [6.45, 7) is 6.09. The van der Waals surface area contributed by atoms with Gasteiger partial charge in [-0.05, 0) is 18.8 Å². The zero-order valence-electron chi connectivity index (χ0n) is 13.1. The Morgan fingerprint density at radius 1 is 1.43 bits per heavy atom. The van der Waals surface area contributed by atoms with Crippen molar-refractivity contribution in [2.75, 3.05) is 0 Å². The van der Waals surface area contributed by atoms with Gasteiger partial charge >= 0.3 is 0 Å². The second-order valence-corrected chi connectivity index (χ2v) is 5.71. The first-order valence-electron chi connectivity index (χ1n) is 7.53. The van der Waals surface area contributed by atoms with E-state index in [2.05, 4.69) is 34.7 Å². The molecule has 0 spiro atoms. The highest BCUT2D eigenvalue weighted by Crippen LogP contribution is 2.05. The number of Topliss-reactive ketones (excluding diaryl/α,β-unsaturated/α-hetero) is 1. The van der Waals surface area contributed by atoms with Crippen LogP contribution in [0.2, 0.25) is 0 Å². The molecule has 1 aromatic heterocycles. The summed E-state index contributed by atoms with van der Waals surface area (Å²) >= 11 is 0. The number of hydrazine groups is 1. The van der Waals surface area contributed by atoms with Gasteiger partial charge in [0.15, 0.2) is 5.78 Å². The zero-order chi connectivity index (χ0) is 15.7. The lowest BCUT2D eigenvalue weighted by molar-refractivity contribution is -0.121. The minimum atomic E-state index is -0.361. The van der Waals surface area contributed by atoms with E-state index < -0.39 is 0 Å². The smallest absolute Gasteiger partial charge is 0.151 e. The zero-order valence-corrected chi connectivity index (χ0v) is 13.1. The van der Waals surface area contributed by atoms with E-state index in [1.54, 1.807) is 12.5 Å². The predicted octanol–water partition coefficient (Wildman–Crippen LogP) is 1.40. The van der Waals surface area contributed by atoms with E-state index >= 15 is 0 Å². The molecule has 0 bridgehead atoms. The first-order valence-corrected chi connectivity index (χ1v) is 7.53. The minimum absolute atomic E-state index is 0.133. The number of rotatable bonds is 11. The number of aldehydes is 1. The molecule has 0 aliphatic carbocycles. The van der Waals surface area contributed by atoms with Gasteiger partial charge in [0.05, 0.1) is 18.4 Å². The van der Waals surface area contributed by atoms with Crippen LogP contribution in [0, 0.1) is 5.92 Å². The number of carbonyl (C=O) groups is 2. The summed E-state index contributed by atoms with van der Waals surface area (Å²) in [7, 11) is 0. The molecule has 0 saturated carbocycles. The number of carbonyl (C=O) groups excluding carboxylic acids is 2. The number of nitrogens with one attached hydrogen (secondary N) is 3. The maximum atomic E-state index is 12.2. The van der Waals surface area contributed by atoms with Gasteiger partial charge in [0.1, 0.15) is 6.29 Å². The van der Waals surface area contributed by atoms with Crippen LogP contribution in [0.1, 0.15) is 45.7 Å². The Morgan fingerprint density at radius 3 is 2.71 bits per heavy atom. The highest BCUT2D eigenvalue weighted by atomic mass is 16.1. The molecule has 0 fully saturated rings. The molecule has 0 unspecified atom stereocenters. The van der Waals surface area contributed by atoms with Crippen molar-refractivity contribution < 1.29 is 9.59 Å². The fourth-order valence-electron chi connectivity index (χ4n) is 2.15. The maximum absolute atomic E-state index is 12.2. The molecule has 1 rings (SSSR count). The van der Waals surface area contributed by atoms with Crippen molar-refractivity contribution in [3.63, 3.8) is 0 Å². The Labute approximate surface area is 126 Å². The number of imidazole rings is 1. The van der Waals surface area contributed by atoms with E-state index in [1.807, 2.05) is 6.92 Å². The topological polar surface area (TPSA) is 86.9 Å². The van der Waals surface area contributed by atoms with Crippen molar-refractivity contribution in [3.8, 4) is 0 Å². The van der Waals surface area contributed by atoms with Crippen molar-refractivity contribution in [2.45, 2.75) is 58.5 Å². The second-order valence-electron chi connectivity index (χ2n) is 5.71. The lowest BCUT2D eigenvalue weighted by atomic mass is 10.0. The molecule has 1 aromatic rings. The Kier molecular flexibility index (Phi) is 7.85. The SMILES string of the molecule is CCCC(=O)[C@H](Cc1cnc[nH]1)NN[C@H](C=O)CC(C)C. The number of aromatic nitrogens is 2. The van der Waals surface area contributed by atoms with Crippen molar-refractivity contribution in [1.29, 1.82) is 0 Å². The number of hydrogen-bond donors (Lipinski definition) is 3. The first kappa shape index (κ1) is 17.5. The number of H-pyrrole nitrogens is 1. The van der Waals surface area contributed by atoms with E-state index in [1.165, 1.54) is 0 Å². The molecule has 118 valence electrons. The molecular formula is C15H26N4O2. The minimum Gasteiger partial charge on any atom is -0.348 e. The van der Waals surface area contributed by atoms with Gasteiger partial charge in [-0.25, -0.2) is 15.8 Å². The molecule has 0 radical (unpaired) electrons. The predicted molar refractivity (Wildman–Crippen MR) is 81.6 cm³/mol. The Balaban J connectivity index is 2.59. The first-order chi connectivity index (χ1) is 10.1. The van der Waals surface area contributed by atoms with Crippen LogP contribution in [-0.4, -0.2) is 34.1 Å². The summed E-state index contributed by atoms with van der Waals surface area (Å²) in [6, 6.07) is -0.649. The molecule has 2 atom stereocenters. The summed E-state index contributed by atoms with van der Waals surface area (Å²) in [4.78, 5) is 30.2. The van der Waals surface area contributed by atoms with E-state index in [9.17, 15) is 9.59 Å². The van der Waals surface area contributed by atoms with Crippen LogP contribution in [0.4, 0.5) is 0 Å². The number of nitrogens with zero attached hydrogens (tertiary/aromatic N) is 1. The van der Waals surface area contributed by atoms with Crippen molar-refractivity contribution >= 4 is 12.1 Å². The largest absolute Gasteiger partial charge is 0.348 e. The van der Waals surface area contributed by atoms with Crippen molar-refractivity contribution in [3.05, 3.63) is 18.2 Å². The van der Waals surface area contributed by atoms with Crippen LogP contribution in [0.25, 0.3) is 0 Å². The average molecular weight is 294 g/mol. The highest BCUT2D eigenvalue weighted by molar-refractivity contribution is 5.84. The van der Waals surface area contributed by atoms with Crippen LogP contribution in [0.3, 0.4) is 0 Å². The fraction of sp³-hybridized carbons (Fsp3) is 0.667. The molecule has 0 amide bonds. The quantitative estimate of drug-likeness (QED) is 0.424. The number of ketones is 1. The molecule has 3 N–H and O–H groups in total. The normalized spacial score (nSPS) is 14.1. The Morgan fingerprint density at radius 2 is 2.19 bits per heavy atom. The fourth-order valence-corrected chi connectivity index (χ4v) is 2.15. The van der Waals surface area contributed by atoms with Crippen LogP contribution in [0.5, 0.6) is 0 Å². The molecule has 6 nitrogen and oxygen atoms in total. The molecular weight excluding hydrogens is 268 g/mol. The summed E-state index contributed by atoms with van der Waals surface area (Å²) in [5.41, 5.74) is 6.89. The summed E-state index contributed by atoms with van der Waals surface area (Å²) in [6.07, 6.45) is 6.77. The molecule has 6 heteroatoms. The van der Waals surface area contributed by atoms with Gasteiger partial charge < -0.3 is 9.78 Å². The third kappa shape index (κ3) is 6.64. The van der Waals surface area contributed by atoms with Gasteiger partial charge in [0.25, 0.3) is 0 Å². The van der Waals surface area contributed by atoms with E-state index in [0.717, 1.165) is 24.8 Å². The molecule has 21 heavy (non-hydrogen) atoms. The Hall–Kier alpha value is -1.53. The lowest BCUT2D eigenvalue weighted by Gasteiger charge is -2.21. The van der Waals surface area contributed by atoms with Crippen molar-refractivity contribution in [1.82, 2.24) is 20.8 Å².